The normalized spacial score (nSPS) is 26.1. The van der Waals surface area contributed by atoms with E-state index in [1.807, 2.05) is 0 Å². The Morgan fingerprint density at radius 1 is 1.37 bits per heavy atom. The molecule has 3 unspecified atom stereocenters. The Morgan fingerprint density at radius 3 is 2.53 bits per heavy atom. The lowest BCUT2D eigenvalue weighted by atomic mass is 9.97. The Balaban J connectivity index is 2.47. The summed E-state index contributed by atoms with van der Waals surface area (Å²) in [5, 5.41) is 3.29. The van der Waals surface area contributed by atoms with E-state index in [0.29, 0.717) is 12.1 Å². The SMILES string of the molecule is CCCNC(CCN1C(C)CCCC1C)C(=O)OC. The van der Waals surface area contributed by atoms with Crippen LogP contribution in [0.25, 0.3) is 0 Å². The number of esters is 1. The Hall–Kier alpha value is -0.610. The molecule has 4 nitrogen and oxygen atoms in total. The summed E-state index contributed by atoms with van der Waals surface area (Å²) in [6.07, 6.45) is 5.74. The molecule has 0 aliphatic carbocycles. The summed E-state index contributed by atoms with van der Waals surface area (Å²) in [7, 11) is 1.47. The number of ether oxygens (including phenoxy) is 1. The van der Waals surface area contributed by atoms with Gasteiger partial charge in [0.25, 0.3) is 0 Å². The first-order valence-corrected chi connectivity index (χ1v) is 7.67. The van der Waals surface area contributed by atoms with Crippen LogP contribution in [0.15, 0.2) is 0 Å². The second kappa shape index (κ2) is 8.54. The summed E-state index contributed by atoms with van der Waals surface area (Å²) in [5.41, 5.74) is 0. The van der Waals surface area contributed by atoms with Gasteiger partial charge in [-0.1, -0.05) is 13.3 Å². The summed E-state index contributed by atoms with van der Waals surface area (Å²) in [5.74, 6) is -0.134. The molecule has 1 aliphatic rings. The van der Waals surface area contributed by atoms with Crippen LogP contribution in [0.4, 0.5) is 0 Å². The van der Waals surface area contributed by atoms with Crippen molar-refractivity contribution in [1.29, 1.82) is 0 Å². The summed E-state index contributed by atoms with van der Waals surface area (Å²) >= 11 is 0. The zero-order chi connectivity index (χ0) is 14.3. The lowest BCUT2D eigenvalue weighted by Gasteiger charge is -2.39. The van der Waals surface area contributed by atoms with Gasteiger partial charge in [0.2, 0.25) is 0 Å². The van der Waals surface area contributed by atoms with Gasteiger partial charge >= 0.3 is 5.97 Å². The maximum absolute atomic E-state index is 11.8. The molecular weight excluding hydrogens is 240 g/mol. The third-order valence-corrected chi connectivity index (χ3v) is 4.18. The standard InChI is InChI=1S/C15H30N2O2/c1-5-10-16-14(15(18)19-4)9-11-17-12(2)7-6-8-13(17)3/h12-14,16H,5-11H2,1-4H3. The van der Waals surface area contributed by atoms with Crippen molar-refractivity contribution in [3.05, 3.63) is 0 Å². The van der Waals surface area contributed by atoms with Crippen molar-refractivity contribution < 1.29 is 9.53 Å². The highest BCUT2D eigenvalue weighted by atomic mass is 16.5. The highest BCUT2D eigenvalue weighted by molar-refractivity contribution is 5.75. The van der Waals surface area contributed by atoms with Crippen molar-refractivity contribution in [2.45, 2.75) is 71.0 Å². The number of carbonyl (C=O) groups excluding carboxylic acids is 1. The molecule has 1 fully saturated rings. The van der Waals surface area contributed by atoms with Crippen molar-refractivity contribution in [3.8, 4) is 0 Å². The van der Waals surface area contributed by atoms with Crippen LogP contribution in [0, 0.1) is 0 Å². The first-order chi connectivity index (χ1) is 9.10. The molecule has 0 bridgehead atoms. The molecule has 1 N–H and O–H groups in total. The molecule has 112 valence electrons. The molecule has 0 aromatic rings. The van der Waals surface area contributed by atoms with E-state index in [1.165, 1.54) is 26.4 Å². The fourth-order valence-corrected chi connectivity index (χ4v) is 2.96. The molecule has 0 spiro atoms. The van der Waals surface area contributed by atoms with E-state index >= 15 is 0 Å². The van der Waals surface area contributed by atoms with Crippen LogP contribution in [-0.2, 0) is 9.53 Å². The minimum Gasteiger partial charge on any atom is -0.468 e. The van der Waals surface area contributed by atoms with Crippen LogP contribution in [0.3, 0.4) is 0 Å². The monoisotopic (exact) mass is 270 g/mol. The molecule has 0 amide bonds. The smallest absolute Gasteiger partial charge is 0.322 e. The second-order valence-corrected chi connectivity index (χ2v) is 5.69. The maximum atomic E-state index is 11.8. The number of carbonyl (C=O) groups is 1. The van der Waals surface area contributed by atoms with Gasteiger partial charge in [0.05, 0.1) is 7.11 Å². The first-order valence-electron chi connectivity index (χ1n) is 7.67. The zero-order valence-corrected chi connectivity index (χ0v) is 12.9. The number of nitrogens with zero attached hydrogens (tertiary/aromatic N) is 1. The van der Waals surface area contributed by atoms with Gasteiger partial charge in [-0.2, -0.15) is 0 Å². The number of piperidine rings is 1. The largest absolute Gasteiger partial charge is 0.468 e. The third kappa shape index (κ3) is 5.11. The van der Waals surface area contributed by atoms with Crippen molar-refractivity contribution in [2.24, 2.45) is 0 Å². The molecule has 3 atom stereocenters. The quantitative estimate of drug-likeness (QED) is 0.720. The Morgan fingerprint density at radius 2 is 2.00 bits per heavy atom. The van der Waals surface area contributed by atoms with Gasteiger partial charge in [0.1, 0.15) is 6.04 Å². The number of hydrogen-bond donors (Lipinski definition) is 1. The van der Waals surface area contributed by atoms with Crippen LogP contribution >= 0.6 is 0 Å². The second-order valence-electron chi connectivity index (χ2n) is 5.69. The maximum Gasteiger partial charge on any atom is 0.322 e. The average molecular weight is 270 g/mol. The Bertz CT molecular complexity index is 261. The van der Waals surface area contributed by atoms with Crippen molar-refractivity contribution in [3.63, 3.8) is 0 Å². The van der Waals surface area contributed by atoms with Crippen molar-refractivity contribution >= 4 is 5.97 Å². The van der Waals surface area contributed by atoms with Gasteiger partial charge in [-0.25, -0.2) is 0 Å². The summed E-state index contributed by atoms with van der Waals surface area (Å²) in [6.45, 7) is 8.53. The van der Waals surface area contributed by atoms with E-state index in [2.05, 4.69) is 31.0 Å². The number of rotatable bonds is 7. The molecule has 1 heterocycles. The molecule has 1 aliphatic heterocycles. The number of nitrogens with one attached hydrogen (secondary N) is 1. The average Bonchev–Trinajstić information content (AvgIpc) is 2.40. The van der Waals surface area contributed by atoms with Crippen molar-refractivity contribution in [2.75, 3.05) is 20.2 Å². The zero-order valence-electron chi connectivity index (χ0n) is 12.9. The topological polar surface area (TPSA) is 41.6 Å². The fourth-order valence-electron chi connectivity index (χ4n) is 2.96. The predicted molar refractivity (Wildman–Crippen MR) is 78.2 cm³/mol. The first kappa shape index (κ1) is 16.4. The van der Waals surface area contributed by atoms with E-state index in [1.54, 1.807) is 0 Å². The minimum atomic E-state index is -0.161. The molecular formula is C15H30N2O2. The lowest BCUT2D eigenvalue weighted by Crippen LogP contribution is -2.47. The number of hydrogen-bond acceptors (Lipinski definition) is 4. The lowest BCUT2D eigenvalue weighted by molar-refractivity contribution is -0.143. The van der Waals surface area contributed by atoms with Crippen LogP contribution < -0.4 is 5.32 Å². The molecule has 19 heavy (non-hydrogen) atoms. The summed E-state index contributed by atoms with van der Waals surface area (Å²) in [6, 6.07) is 1.10. The van der Waals surface area contributed by atoms with E-state index in [9.17, 15) is 4.79 Å². The van der Waals surface area contributed by atoms with Gasteiger partial charge in [0, 0.05) is 18.6 Å². The molecule has 1 saturated heterocycles. The minimum absolute atomic E-state index is 0.134. The van der Waals surface area contributed by atoms with Crippen LogP contribution in [0.5, 0.6) is 0 Å². The van der Waals surface area contributed by atoms with E-state index in [-0.39, 0.29) is 12.0 Å². The van der Waals surface area contributed by atoms with Gasteiger partial charge in [-0.05, 0) is 46.1 Å². The molecule has 0 saturated carbocycles. The molecule has 1 rings (SSSR count). The van der Waals surface area contributed by atoms with Crippen molar-refractivity contribution in [1.82, 2.24) is 10.2 Å². The van der Waals surface area contributed by atoms with Gasteiger partial charge in [-0.15, -0.1) is 0 Å². The Kier molecular flexibility index (Phi) is 7.39. The number of likely N-dealkylation sites (tertiary alicyclic amines) is 1. The van der Waals surface area contributed by atoms with Crippen LogP contribution in [-0.4, -0.2) is 49.2 Å². The van der Waals surface area contributed by atoms with Crippen LogP contribution in [0.2, 0.25) is 0 Å². The van der Waals surface area contributed by atoms with E-state index < -0.39 is 0 Å². The van der Waals surface area contributed by atoms with Gasteiger partial charge in [0.15, 0.2) is 0 Å². The van der Waals surface area contributed by atoms with Gasteiger partial charge in [-0.3, -0.25) is 9.69 Å². The molecule has 0 aromatic carbocycles. The summed E-state index contributed by atoms with van der Waals surface area (Å²) < 4.78 is 4.88. The van der Waals surface area contributed by atoms with E-state index in [4.69, 9.17) is 4.74 Å². The molecule has 0 aromatic heterocycles. The van der Waals surface area contributed by atoms with Crippen LogP contribution in [0.1, 0.15) is 52.9 Å². The third-order valence-electron chi connectivity index (χ3n) is 4.18. The molecule has 0 radical (unpaired) electrons. The fraction of sp³-hybridized carbons (Fsp3) is 0.933. The number of methoxy groups -OCH3 is 1. The molecule has 4 heteroatoms. The highest BCUT2D eigenvalue weighted by Gasteiger charge is 2.26. The highest BCUT2D eigenvalue weighted by Crippen LogP contribution is 2.22. The Labute approximate surface area is 117 Å². The van der Waals surface area contributed by atoms with Gasteiger partial charge < -0.3 is 10.1 Å². The summed E-state index contributed by atoms with van der Waals surface area (Å²) in [4.78, 5) is 14.3. The van der Waals surface area contributed by atoms with E-state index in [0.717, 1.165) is 25.9 Å². The predicted octanol–water partition coefficient (Wildman–Crippen LogP) is 2.18.